The third kappa shape index (κ3) is 3.28. The van der Waals surface area contributed by atoms with E-state index in [1.807, 2.05) is 6.92 Å². The Balaban J connectivity index is 2.09. The van der Waals surface area contributed by atoms with E-state index in [0.29, 0.717) is 29.2 Å². The molecule has 1 aromatic carbocycles. The van der Waals surface area contributed by atoms with Gasteiger partial charge in [0.1, 0.15) is 5.52 Å². The second-order valence-electron chi connectivity index (χ2n) is 3.79. The molecule has 0 spiro atoms. The van der Waals surface area contributed by atoms with Crippen LogP contribution in [0.5, 0.6) is 0 Å². The Morgan fingerprint density at radius 3 is 3.00 bits per heavy atom. The molecule has 1 unspecified atom stereocenters. The minimum absolute atomic E-state index is 0.0283. The highest BCUT2D eigenvalue weighted by atomic mass is 32.2. The van der Waals surface area contributed by atoms with Gasteiger partial charge in [-0.25, -0.2) is 0 Å². The maximum absolute atomic E-state index is 11.2. The first kappa shape index (κ1) is 13.5. The van der Waals surface area contributed by atoms with Gasteiger partial charge in [-0.1, -0.05) is 6.92 Å². The molecule has 2 rings (SSSR count). The van der Waals surface area contributed by atoms with E-state index in [1.165, 1.54) is 18.2 Å². The molecule has 7 nitrogen and oxygen atoms in total. The van der Waals surface area contributed by atoms with Gasteiger partial charge in [-0.3, -0.25) is 14.3 Å². The maximum atomic E-state index is 11.2. The quantitative estimate of drug-likeness (QED) is 0.642. The van der Waals surface area contributed by atoms with Crippen LogP contribution in [-0.2, 0) is 10.8 Å². The Kier molecular flexibility index (Phi) is 4.10. The van der Waals surface area contributed by atoms with Crippen molar-refractivity contribution in [3.8, 4) is 0 Å². The molecule has 8 heteroatoms. The van der Waals surface area contributed by atoms with Crippen LogP contribution in [0.1, 0.15) is 6.92 Å². The second-order valence-corrected chi connectivity index (χ2v) is 5.65. The van der Waals surface area contributed by atoms with E-state index in [9.17, 15) is 14.3 Å². The monoisotopic (exact) mass is 283 g/mol. The average molecular weight is 283 g/mol. The number of nitro groups is 1. The number of fused-ring (bicyclic) bond motifs is 1. The molecule has 0 aliphatic heterocycles. The molecule has 0 saturated carbocycles. The van der Waals surface area contributed by atoms with Crippen molar-refractivity contribution in [3.63, 3.8) is 0 Å². The molecule has 0 radical (unpaired) electrons. The third-order valence-corrected chi connectivity index (χ3v) is 3.81. The molecule has 1 aromatic heterocycles. The minimum atomic E-state index is -0.850. The summed E-state index contributed by atoms with van der Waals surface area (Å²) in [5.74, 6) is 1.12. The van der Waals surface area contributed by atoms with Crippen molar-refractivity contribution in [2.45, 2.75) is 6.92 Å². The van der Waals surface area contributed by atoms with Gasteiger partial charge in [0, 0.05) is 41.0 Å². The summed E-state index contributed by atoms with van der Waals surface area (Å²) in [4.78, 5) is 14.2. The zero-order valence-corrected chi connectivity index (χ0v) is 11.1. The van der Waals surface area contributed by atoms with Gasteiger partial charge in [-0.05, 0) is 6.07 Å². The fraction of sp³-hybridized carbons (Fsp3) is 0.364. The van der Waals surface area contributed by atoms with Crippen LogP contribution in [-0.4, -0.2) is 32.2 Å². The molecule has 0 saturated heterocycles. The number of rotatable bonds is 6. The Bertz CT molecular complexity index is 625. The average Bonchev–Trinajstić information content (AvgIpc) is 2.79. The standard InChI is InChI=1S/C11H13N3O4S/c1-2-19(17)6-5-12-11-13-9-7-8(14(15)16)3-4-10(9)18-11/h3-4,7H,2,5-6H2,1H3,(H,12,13). The Hall–Kier alpha value is -1.96. The lowest BCUT2D eigenvalue weighted by Gasteiger charge is -1.99. The summed E-state index contributed by atoms with van der Waals surface area (Å²) in [6.45, 7) is 2.34. The molecule has 0 bridgehead atoms. The number of oxazole rings is 1. The van der Waals surface area contributed by atoms with Gasteiger partial charge >= 0.3 is 0 Å². The van der Waals surface area contributed by atoms with Crippen molar-refractivity contribution in [3.05, 3.63) is 28.3 Å². The van der Waals surface area contributed by atoms with E-state index in [1.54, 1.807) is 0 Å². The number of hydrogen-bond donors (Lipinski definition) is 1. The fourth-order valence-electron chi connectivity index (χ4n) is 1.52. The van der Waals surface area contributed by atoms with Crippen LogP contribution < -0.4 is 5.32 Å². The molecule has 102 valence electrons. The second kappa shape index (κ2) is 5.79. The number of nitro benzene ring substituents is 1. The number of anilines is 1. The van der Waals surface area contributed by atoms with Crippen molar-refractivity contribution in [1.82, 2.24) is 4.98 Å². The number of aromatic nitrogens is 1. The van der Waals surface area contributed by atoms with Crippen molar-refractivity contribution < 1.29 is 13.5 Å². The zero-order valence-electron chi connectivity index (χ0n) is 10.3. The van der Waals surface area contributed by atoms with Gasteiger partial charge in [0.05, 0.1) is 4.92 Å². The van der Waals surface area contributed by atoms with Gasteiger partial charge in [-0.2, -0.15) is 4.98 Å². The zero-order chi connectivity index (χ0) is 13.8. The largest absolute Gasteiger partial charge is 0.424 e. The lowest BCUT2D eigenvalue weighted by molar-refractivity contribution is -0.384. The molecule has 2 aromatic rings. The van der Waals surface area contributed by atoms with Crippen LogP contribution in [0, 0.1) is 10.1 Å². The maximum Gasteiger partial charge on any atom is 0.295 e. The van der Waals surface area contributed by atoms with Crippen LogP contribution >= 0.6 is 0 Å². The van der Waals surface area contributed by atoms with Crippen LogP contribution in [0.3, 0.4) is 0 Å². The summed E-state index contributed by atoms with van der Waals surface area (Å²) in [7, 11) is -0.850. The summed E-state index contributed by atoms with van der Waals surface area (Å²) in [6, 6.07) is 4.51. The van der Waals surface area contributed by atoms with Crippen LogP contribution in [0.15, 0.2) is 22.6 Å². The van der Waals surface area contributed by atoms with E-state index in [0.717, 1.165) is 0 Å². The summed E-state index contributed by atoms with van der Waals surface area (Å²) in [5, 5.41) is 13.5. The van der Waals surface area contributed by atoms with Crippen molar-refractivity contribution in [2.24, 2.45) is 0 Å². The molecule has 1 heterocycles. The highest BCUT2D eigenvalue weighted by molar-refractivity contribution is 7.84. The van der Waals surface area contributed by atoms with Gasteiger partial charge in [0.25, 0.3) is 11.7 Å². The van der Waals surface area contributed by atoms with E-state index in [2.05, 4.69) is 10.3 Å². The van der Waals surface area contributed by atoms with Crippen LogP contribution in [0.25, 0.3) is 11.1 Å². The molecule has 1 N–H and O–H groups in total. The lowest BCUT2D eigenvalue weighted by atomic mass is 10.3. The molecule has 1 atom stereocenters. The van der Waals surface area contributed by atoms with Gasteiger partial charge < -0.3 is 9.73 Å². The molecule has 19 heavy (non-hydrogen) atoms. The Morgan fingerprint density at radius 2 is 2.32 bits per heavy atom. The van der Waals surface area contributed by atoms with E-state index < -0.39 is 15.7 Å². The number of nitrogens with zero attached hydrogens (tertiary/aromatic N) is 2. The molecule has 0 aliphatic rings. The van der Waals surface area contributed by atoms with E-state index >= 15 is 0 Å². The highest BCUT2D eigenvalue weighted by Gasteiger charge is 2.11. The Labute approximate surface area is 111 Å². The van der Waals surface area contributed by atoms with Crippen molar-refractivity contribution in [2.75, 3.05) is 23.4 Å². The topological polar surface area (TPSA) is 98.3 Å². The molecule has 0 fully saturated rings. The lowest BCUT2D eigenvalue weighted by Crippen LogP contribution is -2.11. The number of benzene rings is 1. The number of non-ortho nitro benzene ring substituents is 1. The number of hydrogen-bond acceptors (Lipinski definition) is 6. The van der Waals surface area contributed by atoms with E-state index in [-0.39, 0.29) is 11.7 Å². The van der Waals surface area contributed by atoms with Gasteiger partial charge in [0.15, 0.2) is 5.58 Å². The molecule has 0 amide bonds. The molecular formula is C11H13N3O4S. The summed E-state index contributed by atoms with van der Waals surface area (Å²) in [5.41, 5.74) is 0.873. The fourth-order valence-corrected chi connectivity index (χ4v) is 2.14. The summed E-state index contributed by atoms with van der Waals surface area (Å²) >= 11 is 0. The van der Waals surface area contributed by atoms with Crippen LogP contribution in [0.2, 0.25) is 0 Å². The van der Waals surface area contributed by atoms with Gasteiger partial charge in [0.2, 0.25) is 0 Å². The first-order valence-corrected chi connectivity index (χ1v) is 7.22. The summed E-state index contributed by atoms with van der Waals surface area (Å²) in [6.07, 6.45) is 0. The number of nitrogens with one attached hydrogen (secondary N) is 1. The summed E-state index contributed by atoms with van der Waals surface area (Å²) < 4.78 is 16.6. The molecular weight excluding hydrogens is 270 g/mol. The Morgan fingerprint density at radius 1 is 1.53 bits per heavy atom. The smallest absolute Gasteiger partial charge is 0.295 e. The van der Waals surface area contributed by atoms with Crippen molar-refractivity contribution >= 4 is 33.6 Å². The van der Waals surface area contributed by atoms with E-state index in [4.69, 9.17) is 4.42 Å². The normalized spacial score (nSPS) is 12.5. The molecule has 0 aliphatic carbocycles. The minimum Gasteiger partial charge on any atom is -0.424 e. The first-order valence-electron chi connectivity index (χ1n) is 5.74. The highest BCUT2D eigenvalue weighted by Crippen LogP contribution is 2.23. The third-order valence-electron chi connectivity index (χ3n) is 2.51. The van der Waals surface area contributed by atoms with Gasteiger partial charge in [-0.15, -0.1) is 0 Å². The first-order chi connectivity index (χ1) is 9.10. The predicted octanol–water partition coefficient (Wildman–Crippen LogP) is 1.92. The van der Waals surface area contributed by atoms with Crippen LogP contribution in [0.4, 0.5) is 11.7 Å². The SMILES string of the molecule is CCS(=O)CCNc1nc2cc([N+](=O)[O-])ccc2o1. The van der Waals surface area contributed by atoms with Crippen molar-refractivity contribution in [1.29, 1.82) is 0 Å². The predicted molar refractivity (Wildman–Crippen MR) is 72.7 cm³/mol.